The minimum atomic E-state index is 0.349. The van der Waals surface area contributed by atoms with Crippen molar-refractivity contribution in [2.45, 2.75) is 29.7 Å². The summed E-state index contributed by atoms with van der Waals surface area (Å²) in [5, 5.41) is 3.47. The number of rotatable bonds is 5. The largest absolute Gasteiger partial charge is 0.310 e. The predicted molar refractivity (Wildman–Crippen MR) is 84.6 cm³/mol. The van der Waals surface area contributed by atoms with Crippen molar-refractivity contribution in [3.8, 4) is 0 Å². The van der Waals surface area contributed by atoms with E-state index >= 15 is 0 Å². The Hall–Kier alpha value is -0.840. The Morgan fingerprint density at radius 3 is 2.68 bits per heavy atom. The number of pyridine rings is 1. The summed E-state index contributed by atoms with van der Waals surface area (Å²) in [6, 6.07) is 10.9. The van der Waals surface area contributed by atoms with Gasteiger partial charge in [-0.05, 0) is 43.3 Å². The van der Waals surface area contributed by atoms with Gasteiger partial charge >= 0.3 is 0 Å². The molecule has 2 rings (SSSR count). The fraction of sp³-hybridized carbons (Fsp3) is 0.267. The van der Waals surface area contributed by atoms with Crippen LogP contribution in [0.2, 0.25) is 0 Å². The SMILES string of the molecule is CCNC(C)c1ccc(Br)cc1Sc1ccncc1. The summed E-state index contributed by atoms with van der Waals surface area (Å²) in [6.07, 6.45) is 3.65. The quantitative estimate of drug-likeness (QED) is 0.858. The molecule has 0 saturated carbocycles. The lowest BCUT2D eigenvalue weighted by Crippen LogP contribution is -2.18. The van der Waals surface area contributed by atoms with Gasteiger partial charge in [-0.3, -0.25) is 4.98 Å². The Balaban J connectivity index is 2.29. The van der Waals surface area contributed by atoms with Crippen LogP contribution in [0.15, 0.2) is 57.0 Å². The van der Waals surface area contributed by atoms with Gasteiger partial charge in [-0.15, -0.1) is 0 Å². The number of hydrogen-bond donors (Lipinski definition) is 1. The average Bonchev–Trinajstić information content (AvgIpc) is 2.40. The molecule has 2 nitrogen and oxygen atoms in total. The Morgan fingerprint density at radius 1 is 1.26 bits per heavy atom. The third kappa shape index (κ3) is 4.06. The molecular weight excluding hydrogens is 320 g/mol. The molecule has 4 heteroatoms. The van der Waals surface area contributed by atoms with Crippen molar-refractivity contribution in [2.75, 3.05) is 6.54 Å². The van der Waals surface area contributed by atoms with Crippen LogP contribution in [0.5, 0.6) is 0 Å². The molecule has 19 heavy (non-hydrogen) atoms. The first-order chi connectivity index (χ1) is 9.20. The van der Waals surface area contributed by atoms with Gasteiger partial charge in [-0.25, -0.2) is 0 Å². The van der Waals surface area contributed by atoms with Crippen molar-refractivity contribution in [2.24, 2.45) is 0 Å². The summed E-state index contributed by atoms with van der Waals surface area (Å²) in [4.78, 5) is 6.54. The normalized spacial score (nSPS) is 12.4. The molecule has 0 spiro atoms. The van der Waals surface area contributed by atoms with Gasteiger partial charge in [0, 0.05) is 32.7 Å². The Kier molecular flexibility index (Phi) is 5.43. The van der Waals surface area contributed by atoms with E-state index in [0.29, 0.717) is 6.04 Å². The summed E-state index contributed by atoms with van der Waals surface area (Å²) in [5.74, 6) is 0. The second-order valence-corrected chi connectivity index (χ2v) is 6.28. The van der Waals surface area contributed by atoms with Crippen molar-refractivity contribution in [1.29, 1.82) is 0 Å². The van der Waals surface area contributed by atoms with Gasteiger partial charge in [-0.2, -0.15) is 0 Å². The van der Waals surface area contributed by atoms with E-state index < -0.39 is 0 Å². The van der Waals surface area contributed by atoms with E-state index in [9.17, 15) is 0 Å². The van der Waals surface area contributed by atoms with Crippen molar-refractivity contribution < 1.29 is 0 Å². The van der Waals surface area contributed by atoms with Crippen LogP contribution >= 0.6 is 27.7 Å². The number of benzene rings is 1. The van der Waals surface area contributed by atoms with Crippen molar-refractivity contribution >= 4 is 27.7 Å². The molecule has 0 bridgehead atoms. The number of nitrogens with one attached hydrogen (secondary N) is 1. The molecule has 1 atom stereocenters. The van der Waals surface area contributed by atoms with E-state index in [1.54, 1.807) is 11.8 Å². The molecule has 0 fully saturated rings. The summed E-state index contributed by atoms with van der Waals surface area (Å²) in [6.45, 7) is 5.30. The first kappa shape index (κ1) is 14.6. The molecule has 0 aliphatic carbocycles. The Morgan fingerprint density at radius 2 is 2.00 bits per heavy atom. The van der Waals surface area contributed by atoms with Crippen LogP contribution in [0.1, 0.15) is 25.5 Å². The topological polar surface area (TPSA) is 24.9 Å². The predicted octanol–water partition coefficient (Wildman–Crippen LogP) is 4.67. The first-order valence-corrected chi connectivity index (χ1v) is 7.92. The van der Waals surface area contributed by atoms with Crippen LogP contribution in [0.4, 0.5) is 0 Å². The van der Waals surface area contributed by atoms with E-state index in [1.807, 2.05) is 24.5 Å². The van der Waals surface area contributed by atoms with Gasteiger partial charge in [-0.1, -0.05) is 40.7 Å². The molecule has 0 amide bonds. The maximum atomic E-state index is 4.06. The van der Waals surface area contributed by atoms with E-state index in [1.165, 1.54) is 15.4 Å². The smallest absolute Gasteiger partial charge is 0.0302 e. The lowest BCUT2D eigenvalue weighted by atomic mass is 10.1. The highest BCUT2D eigenvalue weighted by molar-refractivity contribution is 9.10. The van der Waals surface area contributed by atoms with Gasteiger partial charge in [0.25, 0.3) is 0 Å². The van der Waals surface area contributed by atoms with E-state index in [-0.39, 0.29) is 0 Å². The van der Waals surface area contributed by atoms with Crippen LogP contribution in [-0.4, -0.2) is 11.5 Å². The molecular formula is C15H17BrN2S. The minimum absolute atomic E-state index is 0.349. The maximum Gasteiger partial charge on any atom is 0.0302 e. The summed E-state index contributed by atoms with van der Waals surface area (Å²) < 4.78 is 1.11. The highest BCUT2D eigenvalue weighted by Gasteiger charge is 2.11. The van der Waals surface area contributed by atoms with E-state index in [0.717, 1.165) is 11.0 Å². The highest BCUT2D eigenvalue weighted by Crippen LogP contribution is 2.34. The van der Waals surface area contributed by atoms with Crippen LogP contribution in [0.25, 0.3) is 0 Å². The molecule has 1 aromatic carbocycles. The van der Waals surface area contributed by atoms with E-state index in [4.69, 9.17) is 0 Å². The average molecular weight is 337 g/mol. The minimum Gasteiger partial charge on any atom is -0.310 e. The molecule has 1 unspecified atom stereocenters. The zero-order valence-corrected chi connectivity index (χ0v) is 13.5. The van der Waals surface area contributed by atoms with Gasteiger partial charge < -0.3 is 5.32 Å². The Labute approximate surface area is 127 Å². The van der Waals surface area contributed by atoms with Crippen molar-refractivity contribution in [3.05, 3.63) is 52.8 Å². The molecule has 0 saturated heterocycles. The number of aromatic nitrogens is 1. The third-order valence-electron chi connectivity index (χ3n) is 2.83. The number of nitrogens with zero attached hydrogens (tertiary/aromatic N) is 1. The Bertz CT molecular complexity index is 531. The lowest BCUT2D eigenvalue weighted by Gasteiger charge is -2.17. The molecule has 1 heterocycles. The summed E-state index contributed by atoms with van der Waals surface area (Å²) in [7, 11) is 0. The molecule has 0 aliphatic rings. The monoisotopic (exact) mass is 336 g/mol. The maximum absolute atomic E-state index is 4.06. The second kappa shape index (κ2) is 7.08. The van der Waals surface area contributed by atoms with Crippen LogP contribution in [0, 0.1) is 0 Å². The summed E-state index contributed by atoms with van der Waals surface area (Å²) >= 11 is 5.32. The van der Waals surface area contributed by atoms with Gasteiger partial charge in [0.2, 0.25) is 0 Å². The number of halogens is 1. The molecule has 1 aromatic heterocycles. The first-order valence-electron chi connectivity index (χ1n) is 6.31. The fourth-order valence-corrected chi connectivity index (χ4v) is 3.48. The van der Waals surface area contributed by atoms with E-state index in [2.05, 4.69) is 58.3 Å². The molecule has 0 radical (unpaired) electrons. The van der Waals surface area contributed by atoms with Gasteiger partial charge in [0.15, 0.2) is 0 Å². The van der Waals surface area contributed by atoms with Crippen LogP contribution in [-0.2, 0) is 0 Å². The highest BCUT2D eigenvalue weighted by atomic mass is 79.9. The molecule has 2 aromatic rings. The summed E-state index contributed by atoms with van der Waals surface area (Å²) in [5.41, 5.74) is 1.33. The fourth-order valence-electron chi connectivity index (χ4n) is 1.90. The zero-order chi connectivity index (χ0) is 13.7. The standard InChI is InChI=1S/C15H17BrN2S/c1-3-18-11(2)14-5-4-12(16)10-15(14)19-13-6-8-17-9-7-13/h4-11,18H,3H2,1-2H3. The van der Waals surface area contributed by atoms with Crippen LogP contribution in [0.3, 0.4) is 0 Å². The molecule has 1 N–H and O–H groups in total. The molecule has 0 aliphatic heterocycles. The van der Waals surface area contributed by atoms with Crippen molar-refractivity contribution in [1.82, 2.24) is 10.3 Å². The number of hydrogen-bond acceptors (Lipinski definition) is 3. The lowest BCUT2D eigenvalue weighted by molar-refractivity contribution is 0.589. The van der Waals surface area contributed by atoms with Gasteiger partial charge in [0.05, 0.1) is 0 Å². The van der Waals surface area contributed by atoms with Crippen molar-refractivity contribution in [3.63, 3.8) is 0 Å². The van der Waals surface area contributed by atoms with Gasteiger partial charge in [0.1, 0.15) is 0 Å². The zero-order valence-electron chi connectivity index (χ0n) is 11.1. The third-order valence-corrected chi connectivity index (χ3v) is 4.40. The van der Waals surface area contributed by atoms with Crippen LogP contribution < -0.4 is 5.32 Å². The second-order valence-electron chi connectivity index (χ2n) is 4.25. The molecule has 100 valence electrons.